The third-order valence-corrected chi connectivity index (χ3v) is 4.42. The normalized spacial score (nSPS) is 16.2. The maximum absolute atomic E-state index is 12.7. The van der Waals surface area contributed by atoms with Crippen LogP contribution in [-0.2, 0) is 0 Å². The quantitative estimate of drug-likeness (QED) is 0.813. The lowest BCUT2D eigenvalue weighted by atomic mass is 10.1. The smallest absolute Gasteiger partial charge is 0.321 e. The highest BCUT2D eigenvalue weighted by molar-refractivity contribution is 5.90. The van der Waals surface area contributed by atoms with Crippen LogP contribution < -0.4 is 24.3 Å². The highest BCUT2D eigenvalue weighted by Gasteiger charge is 2.26. The van der Waals surface area contributed by atoms with Crippen molar-refractivity contribution in [2.75, 3.05) is 39.7 Å². The Hall–Kier alpha value is -3.23. The number of ether oxygens (including phenoxy) is 4. The van der Waals surface area contributed by atoms with E-state index in [0.717, 1.165) is 12.8 Å². The number of carbonyl (C=O) groups is 1. The van der Waals surface area contributed by atoms with Crippen LogP contribution in [0.15, 0.2) is 30.5 Å². The number of nitrogens with one attached hydrogen (secondary N) is 1. The molecule has 9 heteroatoms. The summed E-state index contributed by atoms with van der Waals surface area (Å²) in [6, 6.07) is 6.68. The lowest BCUT2D eigenvalue weighted by molar-refractivity contribution is 0.102. The Morgan fingerprint density at radius 3 is 2.54 bits per heavy atom. The molecule has 0 spiro atoms. The molecule has 0 bridgehead atoms. The largest absolute Gasteiger partial charge is 0.493 e. The van der Waals surface area contributed by atoms with Crippen molar-refractivity contribution in [2.45, 2.75) is 18.9 Å². The molecule has 0 radical (unpaired) electrons. The highest BCUT2D eigenvalue weighted by Crippen LogP contribution is 2.40. The molecular formula is C19H24N4O5. The van der Waals surface area contributed by atoms with Crippen LogP contribution in [0.5, 0.6) is 23.1 Å². The molecule has 1 aliphatic heterocycles. The Labute approximate surface area is 163 Å². The van der Waals surface area contributed by atoms with Gasteiger partial charge in [-0.15, -0.1) is 5.10 Å². The Balaban J connectivity index is 1.67. The third kappa shape index (κ3) is 4.54. The van der Waals surface area contributed by atoms with Crippen LogP contribution in [0.4, 0.5) is 10.5 Å². The van der Waals surface area contributed by atoms with E-state index in [1.54, 1.807) is 35.4 Å². The molecule has 1 N–H and O–H groups in total. The van der Waals surface area contributed by atoms with Crippen LogP contribution in [0.3, 0.4) is 0 Å². The van der Waals surface area contributed by atoms with E-state index in [1.807, 2.05) is 0 Å². The van der Waals surface area contributed by atoms with Crippen molar-refractivity contribution in [2.24, 2.45) is 0 Å². The first kappa shape index (κ1) is 19.5. The number of rotatable bonds is 6. The molecule has 1 fully saturated rings. The molecule has 1 aromatic carbocycles. The first-order valence-corrected chi connectivity index (χ1v) is 8.95. The van der Waals surface area contributed by atoms with Crippen LogP contribution in [0.1, 0.15) is 12.8 Å². The number of aromatic nitrogens is 2. The first-order valence-electron chi connectivity index (χ1n) is 8.95. The minimum Gasteiger partial charge on any atom is -0.493 e. The number of likely N-dealkylation sites (tertiary alicyclic amines) is 1. The standard InChI is InChI=1S/C19H24N4O5/c1-25-15-10-13(11-16(26-2)18(15)27-3)21-19(24)23-9-5-6-14(12-23)28-17-7-4-8-20-22-17/h4,7-8,10-11,14H,5-6,9,12H2,1-3H3,(H,21,24). The second-order valence-electron chi connectivity index (χ2n) is 6.23. The van der Waals surface area contributed by atoms with Crippen LogP contribution in [0.2, 0.25) is 0 Å². The van der Waals surface area contributed by atoms with Gasteiger partial charge in [0, 0.05) is 30.9 Å². The molecule has 1 aliphatic rings. The lowest BCUT2D eigenvalue weighted by Gasteiger charge is -2.32. The van der Waals surface area contributed by atoms with Gasteiger partial charge >= 0.3 is 6.03 Å². The predicted octanol–water partition coefficient (Wildman–Crippen LogP) is 2.58. The van der Waals surface area contributed by atoms with E-state index in [0.29, 0.717) is 41.9 Å². The fourth-order valence-corrected chi connectivity index (χ4v) is 3.10. The van der Waals surface area contributed by atoms with Crippen LogP contribution in [0.25, 0.3) is 0 Å². The summed E-state index contributed by atoms with van der Waals surface area (Å²) < 4.78 is 21.8. The van der Waals surface area contributed by atoms with Crippen molar-refractivity contribution >= 4 is 11.7 Å². The number of benzene rings is 1. The van der Waals surface area contributed by atoms with E-state index >= 15 is 0 Å². The minimum absolute atomic E-state index is 0.129. The second-order valence-corrected chi connectivity index (χ2v) is 6.23. The molecule has 1 unspecified atom stereocenters. The average molecular weight is 388 g/mol. The first-order chi connectivity index (χ1) is 13.6. The van der Waals surface area contributed by atoms with Gasteiger partial charge in [0.1, 0.15) is 6.10 Å². The van der Waals surface area contributed by atoms with Gasteiger partial charge in [-0.2, -0.15) is 5.10 Å². The molecule has 0 saturated carbocycles. The maximum Gasteiger partial charge on any atom is 0.321 e. The summed E-state index contributed by atoms with van der Waals surface area (Å²) in [4.78, 5) is 14.5. The number of carbonyl (C=O) groups excluding carboxylic acids is 1. The third-order valence-electron chi connectivity index (χ3n) is 4.42. The Bertz CT molecular complexity index is 777. The molecule has 2 amide bonds. The number of anilines is 1. The van der Waals surface area contributed by atoms with E-state index in [1.165, 1.54) is 21.3 Å². The monoisotopic (exact) mass is 388 g/mol. The molecule has 28 heavy (non-hydrogen) atoms. The molecule has 3 rings (SSSR count). The minimum atomic E-state index is -0.221. The van der Waals surface area contributed by atoms with Crippen molar-refractivity contribution < 1.29 is 23.7 Å². The van der Waals surface area contributed by atoms with Gasteiger partial charge in [0.25, 0.3) is 0 Å². The summed E-state index contributed by atoms with van der Waals surface area (Å²) in [6.07, 6.45) is 3.15. The van der Waals surface area contributed by atoms with E-state index in [4.69, 9.17) is 18.9 Å². The topological polar surface area (TPSA) is 95.0 Å². The number of hydrogen-bond donors (Lipinski definition) is 1. The van der Waals surface area contributed by atoms with Gasteiger partial charge in [-0.25, -0.2) is 4.79 Å². The fourth-order valence-electron chi connectivity index (χ4n) is 3.10. The van der Waals surface area contributed by atoms with Crippen molar-refractivity contribution in [1.29, 1.82) is 0 Å². The van der Waals surface area contributed by atoms with Crippen molar-refractivity contribution in [3.05, 3.63) is 30.5 Å². The second kappa shape index (κ2) is 9.12. The van der Waals surface area contributed by atoms with Gasteiger partial charge < -0.3 is 29.2 Å². The number of hydrogen-bond acceptors (Lipinski definition) is 7. The SMILES string of the molecule is COc1cc(NC(=O)N2CCCC(Oc3cccnn3)C2)cc(OC)c1OC. The van der Waals surface area contributed by atoms with Crippen LogP contribution in [-0.4, -0.2) is 61.7 Å². The molecule has 2 heterocycles. The molecule has 1 saturated heterocycles. The number of methoxy groups -OCH3 is 3. The Morgan fingerprint density at radius 1 is 1.18 bits per heavy atom. The molecule has 9 nitrogen and oxygen atoms in total. The summed E-state index contributed by atoms with van der Waals surface area (Å²) in [5.41, 5.74) is 0.552. The maximum atomic E-state index is 12.7. The number of piperidine rings is 1. The Kier molecular flexibility index (Phi) is 6.36. The molecule has 1 aromatic heterocycles. The molecular weight excluding hydrogens is 364 g/mol. The summed E-state index contributed by atoms with van der Waals surface area (Å²) >= 11 is 0. The summed E-state index contributed by atoms with van der Waals surface area (Å²) in [5.74, 6) is 1.87. The van der Waals surface area contributed by atoms with Gasteiger partial charge in [0.15, 0.2) is 11.5 Å². The molecule has 150 valence electrons. The van der Waals surface area contributed by atoms with Crippen LogP contribution in [0, 0.1) is 0 Å². The number of nitrogens with zero attached hydrogens (tertiary/aromatic N) is 3. The lowest BCUT2D eigenvalue weighted by Crippen LogP contribution is -2.46. The van der Waals surface area contributed by atoms with E-state index in [-0.39, 0.29) is 12.1 Å². The van der Waals surface area contributed by atoms with Gasteiger partial charge in [-0.3, -0.25) is 0 Å². The van der Waals surface area contributed by atoms with Crippen molar-refractivity contribution in [3.8, 4) is 23.1 Å². The summed E-state index contributed by atoms with van der Waals surface area (Å²) in [7, 11) is 4.59. The zero-order valence-electron chi connectivity index (χ0n) is 16.2. The Morgan fingerprint density at radius 2 is 1.93 bits per heavy atom. The summed E-state index contributed by atoms with van der Waals surface area (Å²) in [6.45, 7) is 1.11. The summed E-state index contributed by atoms with van der Waals surface area (Å²) in [5, 5.41) is 10.6. The fraction of sp³-hybridized carbons (Fsp3) is 0.421. The van der Waals surface area contributed by atoms with Crippen LogP contribution >= 0.6 is 0 Å². The molecule has 2 aromatic rings. The van der Waals surface area contributed by atoms with E-state index in [2.05, 4.69) is 15.5 Å². The van der Waals surface area contributed by atoms with Gasteiger partial charge in [0.05, 0.1) is 33.6 Å². The van der Waals surface area contributed by atoms with Gasteiger partial charge in [-0.1, -0.05) is 0 Å². The zero-order chi connectivity index (χ0) is 19.9. The number of amides is 2. The highest BCUT2D eigenvalue weighted by atomic mass is 16.5. The molecule has 0 aliphatic carbocycles. The average Bonchev–Trinajstić information content (AvgIpc) is 2.73. The zero-order valence-corrected chi connectivity index (χ0v) is 16.2. The van der Waals surface area contributed by atoms with Crippen molar-refractivity contribution in [3.63, 3.8) is 0 Å². The van der Waals surface area contributed by atoms with E-state index < -0.39 is 0 Å². The van der Waals surface area contributed by atoms with Crippen molar-refractivity contribution in [1.82, 2.24) is 15.1 Å². The number of urea groups is 1. The molecule has 1 atom stereocenters. The predicted molar refractivity (Wildman–Crippen MR) is 102 cm³/mol. The van der Waals surface area contributed by atoms with Gasteiger partial charge in [0.2, 0.25) is 11.6 Å². The van der Waals surface area contributed by atoms with Gasteiger partial charge in [-0.05, 0) is 18.9 Å². The van der Waals surface area contributed by atoms with E-state index in [9.17, 15) is 4.79 Å².